The van der Waals surface area contributed by atoms with Crippen LogP contribution in [-0.4, -0.2) is 10.4 Å². The van der Waals surface area contributed by atoms with E-state index >= 15 is 0 Å². The molecular formula is C10H12ClNO. The third-order valence-electron chi connectivity index (χ3n) is 1.77. The molecule has 1 heterocycles. The van der Waals surface area contributed by atoms with E-state index in [1.165, 1.54) is 0 Å². The average Bonchev–Trinajstić information content (AvgIpc) is 2.13. The Morgan fingerprint density at radius 3 is 3.00 bits per heavy atom. The highest BCUT2D eigenvalue weighted by atomic mass is 35.5. The molecule has 2 nitrogen and oxygen atoms in total. The smallest absolute Gasteiger partial charge is 0.253 e. The van der Waals surface area contributed by atoms with E-state index in [1.807, 2.05) is 31.2 Å². The van der Waals surface area contributed by atoms with Crippen LogP contribution in [0.15, 0.2) is 35.3 Å². The summed E-state index contributed by atoms with van der Waals surface area (Å²) in [6.45, 7) is 2.40. The number of nitrogens with zero attached hydrogens (tertiary/aromatic N) is 1. The van der Waals surface area contributed by atoms with Crippen molar-refractivity contribution in [2.75, 3.05) is 5.88 Å². The molecule has 0 bridgehead atoms. The minimum absolute atomic E-state index is 0.0572. The molecule has 13 heavy (non-hydrogen) atoms. The number of hydrogen-bond donors (Lipinski definition) is 0. The topological polar surface area (TPSA) is 22.0 Å². The molecule has 1 aromatic heterocycles. The van der Waals surface area contributed by atoms with Crippen LogP contribution in [-0.2, 0) is 6.54 Å². The summed E-state index contributed by atoms with van der Waals surface area (Å²) in [5.74, 6) is 0.487. The van der Waals surface area contributed by atoms with Gasteiger partial charge in [-0.05, 0) is 13.0 Å². The molecule has 1 aromatic rings. The Bertz CT molecular complexity index is 354. The summed E-state index contributed by atoms with van der Waals surface area (Å²) in [7, 11) is 0. The molecule has 0 unspecified atom stereocenters. The molecule has 0 spiro atoms. The van der Waals surface area contributed by atoms with Gasteiger partial charge in [-0.25, -0.2) is 0 Å². The number of hydrogen-bond acceptors (Lipinski definition) is 1. The largest absolute Gasteiger partial charge is 0.311 e. The Kier molecular flexibility index (Phi) is 3.77. The van der Waals surface area contributed by atoms with E-state index in [0.717, 1.165) is 5.56 Å². The first-order chi connectivity index (χ1) is 6.25. The SMILES string of the molecule is Cc1cccn(CC=CCCl)c1=O. The van der Waals surface area contributed by atoms with Crippen LogP contribution in [0.1, 0.15) is 5.56 Å². The van der Waals surface area contributed by atoms with Gasteiger partial charge in [0.15, 0.2) is 0 Å². The number of halogens is 1. The van der Waals surface area contributed by atoms with Crippen molar-refractivity contribution in [1.29, 1.82) is 0 Å². The van der Waals surface area contributed by atoms with Crippen LogP contribution in [0.25, 0.3) is 0 Å². The third kappa shape index (κ3) is 2.74. The standard InChI is InChI=1S/C10H12ClNO/c1-9-5-4-8-12(10(9)13)7-3-2-6-11/h2-5,8H,6-7H2,1H3. The normalized spacial score (nSPS) is 10.9. The highest BCUT2D eigenvalue weighted by Gasteiger charge is 1.94. The monoisotopic (exact) mass is 197 g/mol. The summed E-state index contributed by atoms with van der Waals surface area (Å²) in [6, 6.07) is 3.68. The van der Waals surface area contributed by atoms with E-state index in [0.29, 0.717) is 12.4 Å². The molecule has 0 aromatic carbocycles. The zero-order valence-electron chi connectivity index (χ0n) is 7.53. The molecule has 70 valence electrons. The van der Waals surface area contributed by atoms with Gasteiger partial charge >= 0.3 is 0 Å². The van der Waals surface area contributed by atoms with Crippen LogP contribution >= 0.6 is 11.6 Å². The van der Waals surface area contributed by atoms with Crippen LogP contribution in [0.3, 0.4) is 0 Å². The molecule has 0 saturated heterocycles. The Morgan fingerprint density at radius 1 is 1.54 bits per heavy atom. The van der Waals surface area contributed by atoms with E-state index < -0.39 is 0 Å². The number of rotatable bonds is 3. The van der Waals surface area contributed by atoms with E-state index in [4.69, 9.17) is 11.6 Å². The second-order valence-electron chi connectivity index (χ2n) is 2.77. The molecule has 0 amide bonds. The quantitative estimate of drug-likeness (QED) is 0.536. The van der Waals surface area contributed by atoms with Gasteiger partial charge in [0.1, 0.15) is 0 Å². The second-order valence-corrected chi connectivity index (χ2v) is 3.08. The fourth-order valence-electron chi connectivity index (χ4n) is 1.05. The van der Waals surface area contributed by atoms with Gasteiger partial charge in [0.25, 0.3) is 5.56 Å². The molecule has 3 heteroatoms. The van der Waals surface area contributed by atoms with E-state index in [2.05, 4.69) is 0 Å². The fraction of sp³-hybridized carbons (Fsp3) is 0.300. The molecule has 0 aliphatic heterocycles. The maximum Gasteiger partial charge on any atom is 0.253 e. The molecule has 0 aliphatic carbocycles. The molecule has 0 N–H and O–H groups in total. The average molecular weight is 198 g/mol. The number of pyridine rings is 1. The molecule has 0 saturated carbocycles. The summed E-state index contributed by atoms with van der Waals surface area (Å²) in [5.41, 5.74) is 0.823. The van der Waals surface area contributed by atoms with Gasteiger partial charge in [-0.2, -0.15) is 0 Å². The van der Waals surface area contributed by atoms with Gasteiger partial charge in [-0.1, -0.05) is 18.2 Å². The van der Waals surface area contributed by atoms with Gasteiger partial charge in [-0.15, -0.1) is 11.6 Å². The van der Waals surface area contributed by atoms with Crippen molar-refractivity contribution in [3.8, 4) is 0 Å². The van der Waals surface area contributed by atoms with Crippen LogP contribution < -0.4 is 5.56 Å². The van der Waals surface area contributed by atoms with Crippen LogP contribution in [0, 0.1) is 6.92 Å². The van der Waals surface area contributed by atoms with Crippen LogP contribution in [0.5, 0.6) is 0 Å². The van der Waals surface area contributed by atoms with Crippen molar-refractivity contribution in [3.05, 3.63) is 46.4 Å². The minimum atomic E-state index is 0.0572. The summed E-state index contributed by atoms with van der Waals surface area (Å²) in [6.07, 6.45) is 5.48. The van der Waals surface area contributed by atoms with E-state index in [9.17, 15) is 4.79 Å². The summed E-state index contributed by atoms with van der Waals surface area (Å²) >= 11 is 5.46. The zero-order chi connectivity index (χ0) is 9.68. The van der Waals surface area contributed by atoms with Gasteiger partial charge in [0.2, 0.25) is 0 Å². The molecule has 1 rings (SSSR count). The first-order valence-electron chi connectivity index (χ1n) is 4.12. The number of aromatic nitrogens is 1. The highest BCUT2D eigenvalue weighted by molar-refractivity contribution is 6.18. The van der Waals surface area contributed by atoms with E-state index in [1.54, 1.807) is 10.8 Å². The highest BCUT2D eigenvalue weighted by Crippen LogP contribution is 1.90. The molecular weight excluding hydrogens is 186 g/mol. The van der Waals surface area contributed by atoms with Crippen molar-refractivity contribution in [1.82, 2.24) is 4.57 Å². The van der Waals surface area contributed by atoms with Crippen LogP contribution in [0.4, 0.5) is 0 Å². The third-order valence-corrected chi connectivity index (χ3v) is 1.95. The zero-order valence-corrected chi connectivity index (χ0v) is 8.29. The maximum absolute atomic E-state index is 11.5. The van der Waals surface area contributed by atoms with Crippen molar-refractivity contribution in [3.63, 3.8) is 0 Å². The van der Waals surface area contributed by atoms with Gasteiger partial charge in [-0.3, -0.25) is 4.79 Å². The predicted octanol–water partition coefficient (Wildman–Crippen LogP) is 1.95. The summed E-state index contributed by atoms with van der Waals surface area (Å²) < 4.78 is 1.65. The Hall–Kier alpha value is -1.02. The first-order valence-corrected chi connectivity index (χ1v) is 4.66. The molecule has 0 radical (unpaired) electrons. The van der Waals surface area contributed by atoms with E-state index in [-0.39, 0.29) is 5.56 Å². The van der Waals surface area contributed by atoms with Gasteiger partial charge < -0.3 is 4.57 Å². The molecule has 0 atom stereocenters. The lowest BCUT2D eigenvalue weighted by molar-refractivity contribution is 0.770. The van der Waals surface area contributed by atoms with Crippen molar-refractivity contribution < 1.29 is 0 Å². The molecule has 0 fully saturated rings. The number of allylic oxidation sites excluding steroid dienone is 2. The van der Waals surface area contributed by atoms with Crippen molar-refractivity contribution >= 4 is 11.6 Å². The lowest BCUT2D eigenvalue weighted by Gasteiger charge is -2.01. The van der Waals surface area contributed by atoms with Gasteiger partial charge in [0, 0.05) is 24.2 Å². The first kappa shape index (κ1) is 10.1. The summed E-state index contributed by atoms with van der Waals surface area (Å²) in [5, 5.41) is 0. The van der Waals surface area contributed by atoms with Crippen molar-refractivity contribution in [2.24, 2.45) is 0 Å². The molecule has 0 aliphatic rings. The summed E-state index contributed by atoms with van der Waals surface area (Å²) in [4.78, 5) is 11.5. The Labute approximate surface area is 82.5 Å². The maximum atomic E-state index is 11.5. The lowest BCUT2D eigenvalue weighted by Crippen LogP contribution is -2.20. The Balaban J connectivity index is 2.84. The van der Waals surface area contributed by atoms with Gasteiger partial charge in [0.05, 0.1) is 0 Å². The lowest BCUT2D eigenvalue weighted by atomic mass is 10.3. The Morgan fingerprint density at radius 2 is 2.31 bits per heavy atom. The van der Waals surface area contributed by atoms with Crippen molar-refractivity contribution in [2.45, 2.75) is 13.5 Å². The number of alkyl halides is 1. The number of aryl methyl sites for hydroxylation is 1. The predicted molar refractivity (Wildman–Crippen MR) is 55.3 cm³/mol. The second kappa shape index (κ2) is 4.87. The fourth-order valence-corrected chi connectivity index (χ4v) is 1.18. The van der Waals surface area contributed by atoms with Crippen LogP contribution in [0.2, 0.25) is 0 Å². The minimum Gasteiger partial charge on any atom is -0.311 e.